The molecule has 198 valence electrons. The number of anilines is 1. The highest BCUT2D eigenvalue weighted by Crippen LogP contribution is 2.33. The predicted molar refractivity (Wildman–Crippen MR) is 155 cm³/mol. The third kappa shape index (κ3) is 6.51. The molecule has 2 aromatic carbocycles. The summed E-state index contributed by atoms with van der Waals surface area (Å²) < 4.78 is 7.69. The van der Waals surface area contributed by atoms with Crippen molar-refractivity contribution in [2.45, 2.75) is 46.1 Å². The molecule has 3 aromatic rings. The van der Waals surface area contributed by atoms with Crippen LogP contribution in [0, 0.1) is 6.92 Å². The van der Waals surface area contributed by atoms with Crippen molar-refractivity contribution < 1.29 is 9.53 Å². The highest BCUT2D eigenvalue weighted by Gasteiger charge is 2.21. The molecule has 0 amide bonds. The molecule has 5 nitrogen and oxygen atoms in total. The Labute approximate surface area is 230 Å². The van der Waals surface area contributed by atoms with E-state index in [0.717, 1.165) is 92.5 Å². The van der Waals surface area contributed by atoms with Crippen molar-refractivity contribution in [2.75, 3.05) is 44.7 Å². The Kier molecular flexibility index (Phi) is 9.58. The molecule has 4 rings (SSSR count). The number of rotatable bonds is 11. The van der Waals surface area contributed by atoms with E-state index in [0.29, 0.717) is 16.5 Å². The third-order valence-corrected chi connectivity index (χ3v) is 8.06. The second-order valence-corrected chi connectivity index (χ2v) is 10.5. The molecule has 1 saturated heterocycles. The van der Waals surface area contributed by atoms with Crippen LogP contribution in [0.25, 0.3) is 11.3 Å². The largest absolute Gasteiger partial charge is 0.497 e. The molecular formula is C30H37Cl2N3O2. The maximum absolute atomic E-state index is 13.2. The zero-order chi connectivity index (χ0) is 26.4. The van der Waals surface area contributed by atoms with Gasteiger partial charge in [-0.1, -0.05) is 48.3 Å². The maximum Gasteiger partial charge on any atom is 0.164 e. The van der Waals surface area contributed by atoms with Gasteiger partial charge in [0.1, 0.15) is 5.75 Å². The van der Waals surface area contributed by atoms with Crippen molar-refractivity contribution in [3.63, 3.8) is 0 Å². The topological polar surface area (TPSA) is 37.7 Å². The van der Waals surface area contributed by atoms with E-state index in [9.17, 15) is 4.79 Å². The van der Waals surface area contributed by atoms with Crippen LogP contribution >= 0.6 is 23.2 Å². The van der Waals surface area contributed by atoms with E-state index in [4.69, 9.17) is 27.9 Å². The lowest BCUT2D eigenvalue weighted by Gasteiger charge is -2.36. The Morgan fingerprint density at radius 1 is 0.973 bits per heavy atom. The maximum atomic E-state index is 13.2. The van der Waals surface area contributed by atoms with E-state index < -0.39 is 0 Å². The van der Waals surface area contributed by atoms with Gasteiger partial charge >= 0.3 is 0 Å². The van der Waals surface area contributed by atoms with Crippen LogP contribution in [0.2, 0.25) is 10.0 Å². The molecule has 0 aliphatic carbocycles. The van der Waals surface area contributed by atoms with Crippen molar-refractivity contribution in [3.05, 3.63) is 69.8 Å². The average Bonchev–Trinajstić information content (AvgIpc) is 3.25. The number of piperazine rings is 1. The highest BCUT2D eigenvalue weighted by molar-refractivity contribution is 6.43. The van der Waals surface area contributed by atoms with E-state index in [1.165, 1.54) is 0 Å². The quantitative estimate of drug-likeness (QED) is 0.187. The third-order valence-electron chi connectivity index (χ3n) is 7.25. The highest BCUT2D eigenvalue weighted by atomic mass is 35.5. The van der Waals surface area contributed by atoms with Gasteiger partial charge in [0, 0.05) is 61.7 Å². The van der Waals surface area contributed by atoms with Gasteiger partial charge in [-0.2, -0.15) is 0 Å². The molecule has 1 fully saturated rings. The number of halogens is 2. The summed E-state index contributed by atoms with van der Waals surface area (Å²) in [5.41, 5.74) is 5.07. The number of carbonyl (C=O) groups is 1. The summed E-state index contributed by atoms with van der Waals surface area (Å²) in [5, 5.41) is 1.23. The molecule has 1 aliphatic heterocycles. The molecule has 1 aromatic heterocycles. The normalized spacial score (nSPS) is 14.2. The van der Waals surface area contributed by atoms with Gasteiger partial charge in [0.15, 0.2) is 5.78 Å². The Balaban J connectivity index is 1.30. The van der Waals surface area contributed by atoms with Crippen LogP contribution in [0.15, 0.2) is 48.5 Å². The zero-order valence-electron chi connectivity index (χ0n) is 22.1. The molecule has 0 atom stereocenters. The average molecular weight is 543 g/mol. The first-order valence-electron chi connectivity index (χ1n) is 13.2. The fourth-order valence-electron chi connectivity index (χ4n) is 5.17. The molecule has 0 spiro atoms. The van der Waals surface area contributed by atoms with Crippen LogP contribution in [-0.4, -0.2) is 55.1 Å². The van der Waals surface area contributed by atoms with Crippen molar-refractivity contribution >= 4 is 34.7 Å². The molecule has 0 radical (unpaired) electrons. The van der Waals surface area contributed by atoms with Crippen molar-refractivity contribution in [1.29, 1.82) is 0 Å². The number of aromatic nitrogens is 1. The number of nitrogens with zero attached hydrogens (tertiary/aromatic N) is 3. The molecule has 0 saturated carbocycles. The summed E-state index contributed by atoms with van der Waals surface area (Å²) in [4.78, 5) is 18.0. The minimum Gasteiger partial charge on any atom is -0.497 e. The monoisotopic (exact) mass is 541 g/mol. The number of ether oxygens (including phenoxy) is 1. The minimum atomic E-state index is 0.233. The number of ketones is 1. The lowest BCUT2D eigenvalue weighted by atomic mass is 10.0. The van der Waals surface area contributed by atoms with E-state index >= 15 is 0 Å². The minimum absolute atomic E-state index is 0.233. The number of methoxy groups -OCH3 is 1. The summed E-state index contributed by atoms with van der Waals surface area (Å²) in [6.45, 7) is 9.96. The molecule has 0 unspecified atom stereocenters. The second-order valence-electron chi connectivity index (χ2n) is 9.69. The first kappa shape index (κ1) is 27.6. The van der Waals surface area contributed by atoms with E-state index in [-0.39, 0.29) is 5.78 Å². The molecule has 37 heavy (non-hydrogen) atoms. The van der Waals surface area contributed by atoms with Crippen LogP contribution in [0.4, 0.5) is 5.69 Å². The van der Waals surface area contributed by atoms with Gasteiger partial charge in [-0.05, 0) is 63.1 Å². The summed E-state index contributed by atoms with van der Waals surface area (Å²) in [6, 6.07) is 15.9. The lowest BCUT2D eigenvalue weighted by molar-refractivity contribution is 0.0977. The summed E-state index contributed by atoms with van der Waals surface area (Å²) in [6.07, 6.45) is 3.50. The summed E-state index contributed by atoms with van der Waals surface area (Å²) in [7, 11) is 1.68. The Morgan fingerprint density at radius 3 is 2.46 bits per heavy atom. The van der Waals surface area contributed by atoms with E-state index in [2.05, 4.69) is 40.3 Å². The Hall–Kier alpha value is -2.47. The van der Waals surface area contributed by atoms with Gasteiger partial charge < -0.3 is 14.2 Å². The van der Waals surface area contributed by atoms with Gasteiger partial charge in [0.05, 0.1) is 22.8 Å². The van der Waals surface area contributed by atoms with Gasteiger partial charge in [-0.3, -0.25) is 9.69 Å². The summed E-state index contributed by atoms with van der Waals surface area (Å²) in [5.74, 6) is 1.06. The second kappa shape index (κ2) is 12.9. The van der Waals surface area contributed by atoms with Crippen LogP contribution in [0.5, 0.6) is 5.75 Å². The SMILES string of the molecule is CCCn1c(-c2cccc(OC)c2)cc(C(=O)CCCCN2CCN(c3cccc(Cl)c3Cl)CC2)c1C. The van der Waals surface area contributed by atoms with Crippen molar-refractivity contribution in [2.24, 2.45) is 0 Å². The van der Waals surface area contributed by atoms with Crippen molar-refractivity contribution in [3.8, 4) is 17.0 Å². The van der Waals surface area contributed by atoms with Gasteiger partial charge in [-0.15, -0.1) is 0 Å². The van der Waals surface area contributed by atoms with E-state index in [1.807, 2.05) is 36.4 Å². The molecule has 0 N–H and O–H groups in total. The van der Waals surface area contributed by atoms with Crippen LogP contribution < -0.4 is 9.64 Å². The number of carbonyl (C=O) groups excluding carboxylic acids is 1. The fourth-order valence-corrected chi connectivity index (χ4v) is 5.58. The lowest BCUT2D eigenvalue weighted by Crippen LogP contribution is -2.46. The van der Waals surface area contributed by atoms with Gasteiger partial charge in [-0.25, -0.2) is 0 Å². The smallest absolute Gasteiger partial charge is 0.164 e. The molecule has 7 heteroatoms. The predicted octanol–water partition coefficient (Wildman–Crippen LogP) is 7.36. The molecular weight excluding hydrogens is 505 g/mol. The molecule has 1 aliphatic rings. The first-order chi connectivity index (χ1) is 17.9. The molecule has 0 bridgehead atoms. The number of benzene rings is 2. The van der Waals surface area contributed by atoms with Gasteiger partial charge in [0.25, 0.3) is 0 Å². The zero-order valence-corrected chi connectivity index (χ0v) is 23.6. The fraction of sp³-hybridized carbons (Fsp3) is 0.433. The number of unbranched alkanes of at least 4 members (excludes halogenated alkanes) is 1. The Morgan fingerprint density at radius 2 is 1.73 bits per heavy atom. The van der Waals surface area contributed by atoms with Crippen molar-refractivity contribution in [1.82, 2.24) is 9.47 Å². The summed E-state index contributed by atoms with van der Waals surface area (Å²) >= 11 is 12.6. The van der Waals surface area contributed by atoms with Crippen LogP contribution in [0.3, 0.4) is 0 Å². The molecule has 2 heterocycles. The van der Waals surface area contributed by atoms with Gasteiger partial charge in [0.2, 0.25) is 0 Å². The van der Waals surface area contributed by atoms with Crippen LogP contribution in [0.1, 0.15) is 48.7 Å². The van der Waals surface area contributed by atoms with Crippen LogP contribution in [-0.2, 0) is 6.54 Å². The first-order valence-corrected chi connectivity index (χ1v) is 14.0. The number of hydrogen-bond acceptors (Lipinski definition) is 4. The number of hydrogen-bond donors (Lipinski definition) is 0. The standard InChI is InChI=1S/C30H37Cl2N3O2/c1-4-14-35-22(2)25(21-28(35)23-9-7-10-24(20-23)37-3)29(36)13-5-6-15-33-16-18-34(19-17-33)27-12-8-11-26(31)30(27)32/h7-12,20-21H,4-6,13-19H2,1-3H3. The number of Topliss-reactive ketones (excluding diaryl/α,β-unsaturated/α-hetero) is 1. The Bertz CT molecular complexity index is 1220. The van der Waals surface area contributed by atoms with E-state index in [1.54, 1.807) is 7.11 Å².